The molecule has 1 saturated heterocycles. The first-order valence-corrected chi connectivity index (χ1v) is 7.94. The van der Waals surface area contributed by atoms with E-state index in [0.717, 1.165) is 39.1 Å². The molecule has 1 aliphatic heterocycles. The van der Waals surface area contributed by atoms with E-state index in [1.54, 1.807) is 0 Å². The van der Waals surface area contributed by atoms with Crippen molar-refractivity contribution in [1.29, 1.82) is 0 Å². The molecule has 0 radical (unpaired) electrons. The van der Waals surface area contributed by atoms with E-state index >= 15 is 0 Å². The number of hydrogen-bond donors (Lipinski definition) is 2. The second kappa shape index (κ2) is 6.77. The van der Waals surface area contributed by atoms with E-state index < -0.39 is 5.60 Å². The molecule has 0 amide bonds. The summed E-state index contributed by atoms with van der Waals surface area (Å²) < 4.78 is 0. The maximum absolute atomic E-state index is 9.89. The Morgan fingerprint density at radius 1 is 1.14 bits per heavy atom. The summed E-state index contributed by atoms with van der Waals surface area (Å²) in [6.45, 7) is 10.6. The van der Waals surface area contributed by atoms with Crippen LogP contribution in [0.5, 0.6) is 0 Å². The van der Waals surface area contributed by atoms with Crippen molar-refractivity contribution in [3.05, 3.63) is 29.8 Å². The monoisotopic (exact) mass is 291 g/mol. The smallest absolute Gasteiger partial charge is 0.0718 e. The second-order valence-electron chi connectivity index (χ2n) is 6.68. The van der Waals surface area contributed by atoms with E-state index in [1.165, 1.54) is 11.3 Å². The Morgan fingerprint density at radius 3 is 2.19 bits per heavy atom. The third kappa shape index (κ3) is 4.70. The van der Waals surface area contributed by atoms with Crippen molar-refractivity contribution in [1.82, 2.24) is 4.90 Å². The van der Waals surface area contributed by atoms with E-state index in [0.29, 0.717) is 0 Å². The highest BCUT2D eigenvalue weighted by Crippen LogP contribution is 2.21. The largest absolute Gasteiger partial charge is 0.389 e. The van der Waals surface area contributed by atoms with Gasteiger partial charge in [-0.15, -0.1) is 0 Å². The third-order valence-electron chi connectivity index (χ3n) is 4.11. The van der Waals surface area contributed by atoms with Crippen LogP contribution in [-0.4, -0.2) is 48.3 Å². The second-order valence-corrected chi connectivity index (χ2v) is 6.68. The van der Waals surface area contributed by atoms with Gasteiger partial charge in [-0.3, -0.25) is 4.90 Å². The lowest BCUT2D eigenvalue weighted by Crippen LogP contribution is -2.50. The number of β-amino-alcohol motifs (C(OH)–C–C–N with tert-alkyl or cyclic N) is 1. The normalized spacial score (nSPS) is 18.8. The van der Waals surface area contributed by atoms with Crippen LogP contribution < -0.4 is 10.6 Å². The number of aliphatic hydroxyl groups is 1. The molecule has 1 aromatic rings. The first-order valence-electron chi connectivity index (χ1n) is 7.94. The minimum atomic E-state index is -0.611. The van der Waals surface area contributed by atoms with E-state index in [2.05, 4.69) is 41.0 Å². The summed E-state index contributed by atoms with van der Waals surface area (Å²) in [5.41, 5.74) is 7.92. The van der Waals surface area contributed by atoms with Crippen LogP contribution in [0.4, 0.5) is 5.69 Å². The maximum Gasteiger partial charge on any atom is 0.0718 e. The minimum absolute atomic E-state index is 0.141. The van der Waals surface area contributed by atoms with Gasteiger partial charge in [0.25, 0.3) is 0 Å². The lowest BCUT2D eigenvalue weighted by molar-refractivity contribution is 0.0345. The van der Waals surface area contributed by atoms with E-state index in [9.17, 15) is 5.11 Å². The van der Waals surface area contributed by atoms with Gasteiger partial charge in [0.1, 0.15) is 0 Å². The van der Waals surface area contributed by atoms with Gasteiger partial charge < -0.3 is 15.7 Å². The molecule has 1 heterocycles. The molecule has 0 bridgehead atoms. The zero-order chi connectivity index (χ0) is 15.5. The summed E-state index contributed by atoms with van der Waals surface area (Å²) in [5, 5.41) is 9.89. The predicted molar refractivity (Wildman–Crippen MR) is 88.6 cm³/mol. The Kier molecular flexibility index (Phi) is 5.25. The Morgan fingerprint density at radius 2 is 1.71 bits per heavy atom. The molecule has 0 spiro atoms. The van der Waals surface area contributed by atoms with Crippen molar-refractivity contribution >= 4 is 5.69 Å². The molecule has 1 atom stereocenters. The zero-order valence-electron chi connectivity index (χ0n) is 13.5. The van der Waals surface area contributed by atoms with Crippen molar-refractivity contribution in [3.8, 4) is 0 Å². The first-order chi connectivity index (χ1) is 9.89. The Hall–Kier alpha value is -1.10. The summed E-state index contributed by atoms with van der Waals surface area (Å²) in [4.78, 5) is 4.74. The molecule has 118 valence electrons. The highest BCUT2D eigenvalue weighted by Gasteiger charge is 2.22. The highest BCUT2D eigenvalue weighted by molar-refractivity contribution is 5.48. The lowest BCUT2D eigenvalue weighted by Gasteiger charge is -2.38. The maximum atomic E-state index is 9.89. The van der Waals surface area contributed by atoms with Crippen molar-refractivity contribution < 1.29 is 5.11 Å². The van der Waals surface area contributed by atoms with Crippen LogP contribution in [-0.2, 0) is 0 Å². The van der Waals surface area contributed by atoms with Crippen LogP contribution in [0, 0.1) is 0 Å². The van der Waals surface area contributed by atoms with E-state index in [-0.39, 0.29) is 6.04 Å². The van der Waals surface area contributed by atoms with Gasteiger partial charge in [0.05, 0.1) is 5.60 Å². The van der Waals surface area contributed by atoms with Gasteiger partial charge in [-0.1, -0.05) is 19.1 Å². The molecule has 4 heteroatoms. The van der Waals surface area contributed by atoms with Gasteiger partial charge in [-0.2, -0.15) is 0 Å². The van der Waals surface area contributed by atoms with Gasteiger partial charge in [0, 0.05) is 44.5 Å². The number of anilines is 1. The van der Waals surface area contributed by atoms with Crippen LogP contribution in [0.3, 0.4) is 0 Å². The highest BCUT2D eigenvalue weighted by atomic mass is 16.3. The Balaban J connectivity index is 1.90. The summed E-state index contributed by atoms with van der Waals surface area (Å²) in [6, 6.07) is 8.79. The Labute approximate surface area is 128 Å². The fourth-order valence-electron chi connectivity index (χ4n) is 2.88. The van der Waals surface area contributed by atoms with Gasteiger partial charge in [0.15, 0.2) is 0 Å². The van der Waals surface area contributed by atoms with Crippen LogP contribution >= 0.6 is 0 Å². The van der Waals surface area contributed by atoms with Crippen LogP contribution in [0.2, 0.25) is 0 Å². The number of hydrogen-bond acceptors (Lipinski definition) is 4. The fraction of sp³-hybridized carbons (Fsp3) is 0.647. The van der Waals surface area contributed by atoms with Gasteiger partial charge in [-0.25, -0.2) is 0 Å². The van der Waals surface area contributed by atoms with Crippen molar-refractivity contribution in [2.24, 2.45) is 5.73 Å². The molecule has 4 nitrogen and oxygen atoms in total. The number of piperazine rings is 1. The molecule has 2 rings (SSSR count). The topological polar surface area (TPSA) is 52.7 Å². The Bertz CT molecular complexity index is 430. The molecule has 1 fully saturated rings. The lowest BCUT2D eigenvalue weighted by atomic mass is 10.0. The molecular formula is C17H29N3O. The van der Waals surface area contributed by atoms with Crippen molar-refractivity contribution in [2.75, 3.05) is 37.6 Å². The minimum Gasteiger partial charge on any atom is -0.389 e. The predicted octanol–water partition coefficient (Wildman–Crippen LogP) is 1.99. The molecule has 1 aromatic carbocycles. The summed E-state index contributed by atoms with van der Waals surface area (Å²) in [6.07, 6.45) is 0.967. The molecule has 0 unspecified atom stereocenters. The molecule has 3 N–H and O–H groups in total. The summed E-state index contributed by atoms with van der Waals surface area (Å²) >= 11 is 0. The molecule has 1 aliphatic rings. The molecular weight excluding hydrogens is 262 g/mol. The van der Waals surface area contributed by atoms with Crippen LogP contribution in [0.1, 0.15) is 38.8 Å². The van der Waals surface area contributed by atoms with E-state index in [1.807, 2.05) is 13.8 Å². The summed E-state index contributed by atoms with van der Waals surface area (Å²) in [5.74, 6) is 0. The quantitative estimate of drug-likeness (QED) is 0.871. The van der Waals surface area contributed by atoms with Crippen molar-refractivity contribution in [2.45, 2.75) is 38.8 Å². The SMILES string of the molecule is CC[C@H](N)c1ccc(N2CCN(CC(C)(C)O)CC2)cc1. The zero-order valence-corrected chi connectivity index (χ0v) is 13.5. The number of nitrogens with zero attached hydrogens (tertiary/aromatic N) is 2. The summed E-state index contributed by atoms with van der Waals surface area (Å²) in [7, 11) is 0. The number of rotatable bonds is 5. The van der Waals surface area contributed by atoms with E-state index in [4.69, 9.17) is 5.73 Å². The van der Waals surface area contributed by atoms with Crippen LogP contribution in [0.25, 0.3) is 0 Å². The van der Waals surface area contributed by atoms with Crippen LogP contribution in [0.15, 0.2) is 24.3 Å². The average Bonchev–Trinajstić information content (AvgIpc) is 2.46. The third-order valence-corrected chi connectivity index (χ3v) is 4.11. The molecule has 0 saturated carbocycles. The number of nitrogens with two attached hydrogens (primary N) is 1. The van der Waals surface area contributed by atoms with Gasteiger partial charge in [-0.05, 0) is 38.0 Å². The van der Waals surface area contributed by atoms with Crippen molar-refractivity contribution in [3.63, 3.8) is 0 Å². The fourth-order valence-corrected chi connectivity index (χ4v) is 2.88. The van der Waals surface area contributed by atoms with Gasteiger partial charge >= 0.3 is 0 Å². The van der Waals surface area contributed by atoms with Gasteiger partial charge in [0.2, 0.25) is 0 Å². The standard InChI is InChI=1S/C17H29N3O/c1-4-16(18)14-5-7-15(8-6-14)20-11-9-19(10-12-20)13-17(2,3)21/h5-8,16,21H,4,9-13,18H2,1-3H3/t16-/m0/s1. The molecule has 21 heavy (non-hydrogen) atoms. The first kappa shape index (κ1) is 16.3. The molecule has 0 aliphatic carbocycles. The number of benzene rings is 1. The average molecular weight is 291 g/mol. The molecule has 0 aromatic heterocycles.